The van der Waals surface area contributed by atoms with Gasteiger partial charge in [0.2, 0.25) is 0 Å². The molecule has 0 aromatic heterocycles. The predicted octanol–water partition coefficient (Wildman–Crippen LogP) is 14.9. The molecule has 0 amide bonds. The fraction of sp³-hybridized carbons (Fsp3) is 0.850. The van der Waals surface area contributed by atoms with Crippen LogP contribution in [0.3, 0.4) is 0 Å². The third kappa shape index (κ3) is 42.6. The number of esters is 2. The summed E-state index contributed by atoms with van der Waals surface area (Å²) in [4.78, 5) is 40.5. The Labute approximate surface area is 440 Å². The number of rotatable bonds is 55. The number of hydrogen-bond acceptors (Lipinski definition) is 12. The van der Waals surface area contributed by atoms with Gasteiger partial charge >= 0.3 is 11.9 Å². The van der Waals surface area contributed by atoms with E-state index in [0.717, 1.165) is 69.9 Å². The second kappa shape index (κ2) is 50.4. The van der Waals surface area contributed by atoms with E-state index in [1.54, 1.807) is 0 Å². The highest BCUT2D eigenvalue weighted by atomic mass is 16.7. The summed E-state index contributed by atoms with van der Waals surface area (Å²) in [6.07, 6.45) is 32.6. The van der Waals surface area contributed by atoms with Crippen LogP contribution in [0.4, 0.5) is 0 Å². The average Bonchev–Trinajstić information content (AvgIpc) is 3.37. The Morgan fingerprint density at radius 1 is 0.431 bits per heavy atom. The highest BCUT2D eigenvalue weighted by molar-refractivity contribution is 5.78. The molecular weight excluding hydrogens is 911 g/mol. The average molecular weight is 1020 g/mol. The summed E-state index contributed by atoms with van der Waals surface area (Å²) in [5, 5.41) is 0. The molecule has 1 aromatic rings. The highest BCUT2D eigenvalue weighted by Gasteiger charge is 2.16. The maximum absolute atomic E-state index is 12.8. The van der Waals surface area contributed by atoms with Crippen molar-refractivity contribution in [3.05, 3.63) is 23.8 Å². The smallest absolute Gasteiger partial charge is 0.305 e. The summed E-state index contributed by atoms with van der Waals surface area (Å²) in [5.41, 5.74) is 0.886. The number of ketones is 1. The van der Waals surface area contributed by atoms with E-state index in [1.165, 1.54) is 103 Å². The maximum Gasteiger partial charge on any atom is 0.305 e. The number of aryl methyl sites for hydroxylation is 1. The summed E-state index contributed by atoms with van der Waals surface area (Å²) in [7, 11) is 4.03. The molecular formula is C60H109NO11. The van der Waals surface area contributed by atoms with E-state index in [1.807, 2.05) is 32.3 Å². The lowest BCUT2D eigenvalue weighted by Crippen LogP contribution is -2.21. The zero-order valence-electron chi connectivity index (χ0n) is 47.2. The predicted molar refractivity (Wildman–Crippen MR) is 293 cm³/mol. The lowest BCUT2D eigenvalue weighted by Gasteiger charge is -2.19. The van der Waals surface area contributed by atoms with Gasteiger partial charge < -0.3 is 42.8 Å². The topological polar surface area (TPSA) is 128 Å². The van der Waals surface area contributed by atoms with Crippen LogP contribution < -0.4 is 9.47 Å². The van der Waals surface area contributed by atoms with Crippen molar-refractivity contribution in [2.24, 2.45) is 0 Å². The van der Waals surface area contributed by atoms with Crippen molar-refractivity contribution in [3.8, 4) is 11.5 Å². The molecule has 12 heteroatoms. The number of Topliss-reactive ketones (excluding diaryl/α,β-unsaturated/α-hetero) is 1. The molecule has 0 spiro atoms. The number of carbonyl (C=O) groups excluding carboxylic acids is 3. The molecule has 0 aliphatic carbocycles. The summed E-state index contributed by atoms with van der Waals surface area (Å²) >= 11 is 0. The zero-order valence-corrected chi connectivity index (χ0v) is 47.2. The Hall–Kier alpha value is -2.77. The molecule has 1 aromatic carbocycles. The van der Waals surface area contributed by atoms with Gasteiger partial charge in [0.05, 0.1) is 39.3 Å². The third-order valence-electron chi connectivity index (χ3n) is 12.8. The first-order chi connectivity index (χ1) is 35.2. The van der Waals surface area contributed by atoms with Crippen LogP contribution in [0.5, 0.6) is 11.5 Å². The Morgan fingerprint density at radius 3 is 1.25 bits per heavy atom. The molecule has 72 heavy (non-hydrogen) atoms. The molecule has 1 rings (SSSR count). The number of ether oxygens (including phenoxy) is 8. The second-order valence-corrected chi connectivity index (χ2v) is 20.1. The van der Waals surface area contributed by atoms with Crippen molar-refractivity contribution in [1.82, 2.24) is 4.90 Å². The van der Waals surface area contributed by atoms with E-state index >= 15 is 0 Å². The standard InChI is InChI=1S/C60H109NO11/c1-7-11-15-19-23-27-44-69-59(70-45-28-24-20-16-12-8-2)41-39-57(63)67-50-32-48-65-55-37-38-56(53(52-55)35-36-54(62)34-31-43-61(5)6)66-49-33-51-68-58(64)40-42-60(71-46-29-25-21-17-13-9-3)72-47-30-26-22-18-14-10-4/h37-38,52,59-60H,7-36,39-51H2,1-6H3. The Morgan fingerprint density at radius 2 is 0.833 bits per heavy atom. The molecule has 0 heterocycles. The van der Waals surface area contributed by atoms with Gasteiger partial charge in [0.15, 0.2) is 12.6 Å². The quantitative estimate of drug-likeness (QED) is 0.0350. The molecule has 0 aliphatic rings. The SMILES string of the molecule is CCCCCCCCOC(CCC(=O)OCCCOc1ccc(OCCCOC(=O)CCC(OCCCCCCCC)OCCCCCCCC)c(CCC(=O)CCCN(C)C)c1)OCCCCCCCC. The van der Waals surface area contributed by atoms with Crippen molar-refractivity contribution >= 4 is 17.7 Å². The van der Waals surface area contributed by atoms with Crippen molar-refractivity contribution < 1.29 is 52.3 Å². The van der Waals surface area contributed by atoms with Gasteiger partial charge in [-0.15, -0.1) is 0 Å². The largest absolute Gasteiger partial charge is 0.493 e. The molecule has 0 atom stereocenters. The van der Waals surface area contributed by atoms with E-state index in [-0.39, 0.29) is 43.8 Å². The minimum absolute atomic E-state index is 0.214. The van der Waals surface area contributed by atoms with Crippen LogP contribution in [-0.2, 0) is 49.2 Å². The lowest BCUT2D eigenvalue weighted by molar-refractivity contribution is -0.159. The first kappa shape index (κ1) is 67.2. The van der Waals surface area contributed by atoms with Gasteiger partial charge in [-0.3, -0.25) is 14.4 Å². The summed E-state index contributed by atoms with van der Waals surface area (Å²) in [6.45, 7) is 13.6. The van der Waals surface area contributed by atoms with Crippen LogP contribution in [0, 0.1) is 0 Å². The van der Waals surface area contributed by atoms with E-state index in [2.05, 4.69) is 32.6 Å². The highest BCUT2D eigenvalue weighted by Crippen LogP contribution is 2.27. The first-order valence-corrected chi connectivity index (χ1v) is 29.5. The van der Waals surface area contributed by atoms with Crippen molar-refractivity contribution in [1.29, 1.82) is 0 Å². The number of carbonyl (C=O) groups is 3. The van der Waals surface area contributed by atoms with Crippen molar-refractivity contribution in [2.45, 2.75) is 259 Å². The Balaban J connectivity index is 2.64. The van der Waals surface area contributed by atoms with Gasteiger partial charge in [0, 0.05) is 65.0 Å². The fourth-order valence-electron chi connectivity index (χ4n) is 8.27. The van der Waals surface area contributed by atoms with Gasteiger partial charge in [0.1, 0.15) is 17.3 Å². The van der Waals surface area contributed by atoms with Crippen LogP contribution in [0.1, 0.15) is 245 Å². The van der Waals surface area contributed by atoms with Crippen LogP contribution in [0.15, 0.2) is 18.2 Å². The van der Waals surface area contributed by atoms with E-state index < -0.39 is 12.6 Å². The Kier molecular flexibility index (Phi) is 47.1. The van der Waals surface area contributed by atoms with Crippen LogP contribution >= 0.6 is 0 Å². The number of benzene rings is 1. The van der Waals surface area contributed by atoms with E-state index in [9.17, 15) is 14.4 Å². The van der Waals surface area contributed by atoms with Crippen molar-refractivity contribution in [3.63, 3.8) is 0 Å². The number of nitrogens with zero attached hydrogens (tertiary/aromatic N) is 1. The second-order valence-electron chi connectivity index (χ2n) is 20.1. The first-order valence-electron chi connectivity index (χ1n) is 29.5. The minimum atomic E-state index is -0.400. The van der Waals surface area contributed by atoms with Crippen LogP contribution in [-0.4, -0.2) is 109 Å². The van der Waals surface area contributed by atoms with E-state index in [4.69, 9.17) is 37.9 Å². The summed E-state index contributed by atoms with van der Waals surface area (Å²) < 4.78 is 47.9. The molecule has 420 valence electrons. The molecule has 12 nitrogen and oxygen atoms in total. The molecule has 0 saturated carbocycles. The van der Waals surface area contributed by atoms with E-state index in [0.29, 0.717) is 96.1 Å². The molecule has 0 aliphatic heterocycles. The fourth-order valence-corrected chi connectivity index (χ4v) is 8.27. The monoisotopic (exact) mass is 1020 g/mol. The number of unbranched alkanes of at least 4 members (excludes halogenated alkanes) is 20. The van der Waals surface area contributed by atoms with Gasteiger partial charge in [-0.2, -0.15) is 0 Å². The van der Waals surface area contributed by atoms with Crippen LogP contribution in [0.2, 0.25) is 0 Å². The zero-order chi connectivity index (χ0) is 52.4. The molecule has 0 unspecified atom stereocenters. The summed E-state index contributed by atoms with van der Waals surface area (Å²) in [5.74, 6) is 1.03. The molecule has 0 saturated heterocycles. The van der Waals surface area contributed by atoms with Gasteiger partial charge in [-0.25, -0.2) is 0 Å². The van der Waals surface area contributed by atoms with Crippen molar-refractivity contribution in [2.75, 3.05) is 73.5 Å². The maximum atomic E-state index is 12.8. The lowest BCUT2D eigenvalue weighted by atomic mass is 10.0. The normalized spacial score (nSPS) is 11.6. The minimum Gasteiger partial charge on any atom is -0.493 e. The van der Waals surface area contributed by atoms with Crippen LogP contribution in [0.25, 0.3) is 0 Å². The molecule has 0 N–H and O–H groups in total. The third-order valence-corrected chi connectivity index (χ3v) is 12.8. The molecule has 0 fully saturated rings. The molecule has 0 radical (unpaired) electrons. The van der Waals surface area contributed by atoms with Gasteiger partial charge in [-0.05, 0) is 82.9 Å². The van der Waals surface area contributed by atoms with Gasteiger partial charge in [-0.1, -0.05) is 156 Å². The van der Waals surface area contributed by atoms with Gasteiger partial charge in [0.25, 0.3) is 0 Å². The number of hydrogen-bond donors (Lipinski definition) is 0. The Bertz CT molecular complexity index is 1360. The molecule has 0 bridgehead atoms. The summed E-state index contributed by atoms with van der Waals surface area (Å²) in [6, 6.07) is 5.67.